The van der Waals surface area contributed by atoms with E-state index in [-0.39, 0.29) is 12.5 Å². The first-order valence-electron chi connectivity index (χ1n) is 4.70. The van der Waals surface area contributed by atoms with Gasteiger partial charge in [-0.3, -0.25) is 9.59 Å². The second-order valence-corrected chi connectivity index (χ2v) is 3.79. The molecule has 0 fully saturated rings. The van der Waals surface area contributed by atoms with E-state index in [0.29, 0.717) is 16.8 Å². The quantitative estimate of drug-likeness (QED) is 0.792. The van der Waals surface area contributed by atoms with E-state index in [1.807, 2.05) is 0 Å². The number of halogens is 1. The molecule has 0 spiro atoms. The zero-order chi connectivity index (χ0) is 12.1. The van der Waals surface area contributed by atoms with Crippen LogP contribution in [0.3, 0.4) is 0 Å². The summed E-state index contributed by atoms with van der Waals surface area (Å²) in [5.41, 5.74) is 0.381. The van der Waals surface area contributed by atoms with Gasteiger partial charge in [0.2, 0.25) is 0 Å². The fourth-order valence-electron chi connectivity index (χ4n) is 1.12. The summed E-state index contributed by atoms with van der Waals surface area (Å²) in [6.07, 6.45) is 1.40. The summed E-state index contributed by atoms with van der Waals surface area (Å²) >= 11 is 3.10. The van der Waals surface area contributed by atoms with Crippen LogP contribution in [-0.2, 0) is 9.53 Å². The van der Waals surface area contributed by atoms with Crippen LogP contribution in [-0.4, -0.2) is 37.0 Å². The number of amides is 1. The summed E-state index contributed by atoms with van der Waals surface area (Å²) in [6.45, 7) is 1.94. The predicted molar refractivity (Wildman–Crippen MR) is 60.0 cm³/mol. The number of hydrogen-bond donors (Lipinski definition) is 0. The van der Waals surface area contributed by atoms with Gasteiger partial charge < -0.3 is 14.1 Å². The van der Waals surface area contributed by atoms with Crippen LogP contribution in [0.25, 0.3) is 0 Å². The molecule has 0 aromatic carbocycles. The van der Waals surface area contributed by atoms with Crippen LogP contribution < -0.4 is 0 Å². The Bertz CT molecular complexity index is 388. The van der Waals surface area contributed by atoms with Crippen LogP contribution >= 0.6 is 15.9 Å². The average molecular weight is 290 g/mol. The number of carbonyl (C=O) groups excluding carboxylic acids is 2. The molecule has 1 rings (SSSR count). The summed E-state index contributed by atoms with van der Waals surface area (Å²) in [4.78, 5) is 24.2. The zero-order valence-corrected chi connectivity index (χ0v) is 10.6. The van der Waals surface area contributed by atoms with Crippen molar-refractivity contribution in [2.75, 3.05) is 20.2 Å². The minimum absolute atomic E-state index is 0.0791. The lowest BCUT2D eigenvalue weighted by Gasteiger charge is -2.15. The third-order valence-electron chi connectivity index (χ3n) is 1.87. The molecule has 0 aliphatic rings. The maximum Gasteiger partial charge on any atom is 0.325 e. The molecule has 0 atom stereocenters. The van der Waals surface area contributed by atoms with E-state index in [9.17, 15) is 9.59 Å². The SMILES string of the molecule is CCOC(=O)CN(C)C(=O)c1ccoc1Br. The van der Waals surface area contributed by atoms with Crippen LogP contribution in [0, 0.1) is 0 Å². The molecule has 0 radical (unpaired) electrons. The lowest BCUT2D eigenvalue weighted by atomic mass is 10.3. The Balaban J connectivity index is 2.61. The van der Waals surface area contributed by atoms with E-state index < -0.39 is 5.97 Å². The van der Waals surface area contributed by atoms with Crippen molar-refractivity contribution in [1.29, 1.82) is 0 Å². The smallest absolute Gasteiger partial charge is 0.325 e. The second-order valence-electron chi connectivity index (χ2n) is 3.07. The summed E-state index contributed by atoms with van der Waals surface area (Å²) < 4.78 is 10.0. The highest BCUT2D eigenvalue weighted by Crippen LogP contribution is 2.18. The first-order chi connectivity index (χ1) is 7.56. The number of hydrogen-bond acceptors (Lipinski definition) is 4. The monoisotopic (exact) mass is 289 g/mol. The highest BCUT2D eigenvalue weighted by atomic mass is 79.9. The molecule has 88 valence electrons. The number of ether oxygens (including phenoxy) is 1. The normalized spacial score (nSPS) is 9.94. The van der Waals surface area contributed by atoms with Crippen molar-refractivity contribution in [2.24, 2.45) is 0 Å². The molecule has 0 N–H and O–H groups in total. The van der Waals surface area contributed by atoms with Gasteiger partial charge in [0.25, 0.3) is 5.91 Å². The first kappa shape index (κ1) is 12.8. The van der Waals surface area contributed by atoms with Crippen molar-refractivity contribution in [2.45, 2.75) is 6.92 Å². The van der Waals surface area contributed by atoms with Crippen molar-refractivity contribution in [3.8, 4) is 0 Å². The maximum absolute atomic E-state index is 11.8. The van der Waals surface area contributed by atoms with Gasteiger partial charge in [-0.25, -0.2) is 0 Å². The Kier molecular flexibility index (Phi) is 4.54. The zero-order valence-electron chi connectivity index (χ0n) is 9.03. The van der Waals surface area contributed by atoms with Gasteiger partial charge in [0.1, 0.15) is 6.54 Å². The lowest BCUT2D eigenvalue weighted by molar-refractivity contribution is -0.143. The van der Waals surface area contributed by atoms with Gasteiger partial charge >= 0.3 is 5.97 Å². The predicted octanol–water partition coefficient (Wildman–Crippen LogP) is 1.68. The van der Waals surface area contributed by atoms with E-state index in [4.69, 9.17) is 9.15 Å². The Morgan fingerprint density at radius 2 is 2.25 bits per heavy atom. The molecular formula is C10H12BrNO4. The van der Waals surface area contributed by atoms with E-state index >= 15 is 0 Å². The fourth-order valence-corrected chi connectivity index (χ4v) is 1.53. The van der Waals surface area contributed by atoms with Crippen molar-refractivity contribution < 1.29 is 18.7 Å². The van der Waals surface area contributed by atoms with Gasteiger partial charge in [0.05, 0.1) is 18.4 Å². The minimum atomic E-state index is -0.432. The molecule has 6 heteroatoms. The molecular weight excluding hydrogens is 278 g/mol. The minimum Gasteiger partial charge on any atom is -0.465 e. The maximum atomic E-state index is 11.8. The highest BCUT2D eigenvalue weighted by Gasteiger charge is 2.19. The number of nitrogens with zero attached hydrogens (tertiary/aromatic N) is 1. The molecule has 5 nitrogen and oxygen atoms in total. The molecule has 1 aromatic rings. The summed E-state index contributed by atoms with van der Waals surface area (Å²) in [7, 11) is 1.53. The van der Waals surface area contributed by atoms with Crippen molar-refractivity contribution in [1.82, 2.24) is 4.90 Å². The van der Waals surface area contributed by atoms with Gasteiger partial charge in [-0.2, -0.15) is 0 Å². The third-order valence-corrected chi connectivity index (χ3v) is 2.48. The molecule has 0 aliphatic heterocycles. The van der Waals surface area contributed by atoms with E-state index in [2.05, 4.69) is 15.9 Å². The van der Waals surface area contributed by atoms with E-state index in [1.54, 1.807) is 6.92 Å². The lowest BCUT2D eigenvalue weighted by Crippen LogP contribution is -2.33. The molecule has 0 unspecified atom stereocenters. The molecule has 16 heavy (non-hydrogen) atoms. The molecule has 0 bridgehead atoms. The van der Waals surface area contributed by atoms with Crippen LogP contribution in [0.4, 0.5) is 0 Å². The highest BCUT2D eigenvalue weighted by molar-refractivity contribution is 9.10. The Morgan fingerprint density at radius 1 is 1.56 bits per heavy atom. The molecule has 0 saturated heterocycles. The third kappa shape index (κ3) is 3.10. The standard InChI is InChI=1S/C10H12BrNO4/c1-3-15-8(13)6-12(2)10(14)7-4-5-16-9(7)11/h4-5H,3,6H2,1-2H3. The van der Waals surface area contributed by atoms with Crippen molar-refractivity contribution in [3.05, 3.63) is 22.6 Å². The Hall–Kier alpha value is -1.30. The van der Waals surface area contributed by atoms with Gasteiger partial charge in [-0.05, 0) is 28.9 Å². The van der Waals surface area contributed by atoms with Gasteiger partial charge in [0.15, 0.2) is 4.67 Å². The largest absolute Gasteiger partial charge is 0.465 e. The van der Waals surface area contributed by atoms with Crippen LogP contribution in [0.5, 0.6) is 0 Å². The van der Waals surface area contributed by atoms with Crippen LogP contribution in [0.1, 0.15) is 17.3 Å². The average Bonchev–Trinajstić information content (AvgIpc) is 2.63. The van der Waals surface area contributed by atoms with Crippen LogP contribution in [0.2, 0.25) is 0 Å². The number of rotatable bonds is 4. The summed E-state index contributed by atoms with van der Waals surface area (Å²) in [5.74, 6) is -0.730. The second kappa shape index (κ2) is 5.69. The topological polar surface area (TPSA) is 59.8 Å². The molecule has 0 aliphatic carbocycles. The van der Waals surface area contributed by atoms with Gasteiger partial charge in [-0.15, -0.1) is 0 Å². The number of furan rings is 1. The van der Waals surface area contributed by atoms with Gasteiger partial charge in [-0.1, -0.05) is 0 Å². The van der Waals surface area contributed by atoms with E-state index in [0.717, 1.165) is 0 Å². The van der Waals surface area contributed by atoms with Crippen LogP contribution in [0.15, 0.2) is 21.4 Å². The summed E-state index contributed by atoms with van der Waals surface area (Å²) in [6, 6.07) is 1.54. The Morgan fingerprint density at radius 3 is 2.75 bits per heavy atom. The van der Waals surface area contributed by atoms with Gasteiger partial charge in [0, 0.05) is 7.05 Å². The fraction of sp³-hybridized carbons (Fsp3) is 0.400. The Labute approximate surface area is 101 Å². The molecule has 1 heterocycles. The number of carbonyl (C=O) groups is 2. The number of esters is 1. The summed E-state index contributed by atoms with van der Waals surface area (Å²) in [5, 5.41) is 0. The van der Waals surface area contributed by atoms with E-state index in [1.165, 1.54) is 24.3 Å². The molecule has 1 amide bonds. The van der Waals surface area contributed by atoms with Crippen molar-refractivity contribution >= 4 is 27.8 Å². The first-order valence-corrected chi connectivity index (χ1v) is 5.49. The molecule has 0 saturated carbocycles. The number of likely N-dealkylation sites (N-methyl/N-ethyl adjacent to an activating group) is 1. The molecule has 1 aromatic heterocycles. The van der Waals surface area contributed by atoms with Crippen molar-refractivity contribution in [3.63, 3.8) is 0 Å².